The maximum Gasteiger partial charge on any atom is 0.115 e. The molecule has 0 saturated heterocycles. The predicted octanol–water partition coefficient (Wildman–Crippen LogP) is 2.56. The average molecular weight is 207 g/mol. The van der Waals surface area contributed by atoms with Crippen molar-refractivity contribution in [1.29, 1.82) is 0 Å². The van der Waals surface area contributed by atoms with Gasteiger partial charge in [0.05, 0.1) is 0 Å². The van der Waals surface area contributed by atoms with Crippen LogP contribution in [-0.4, -0.2) is 11.7 Å². The molecule has 1 unspecified atom stereocenters. The van der Waals surface area contributed by atoms with Gasteiger partial charge in [0.2, 0.25) is 0 Å². The molecule has 0 aliphatic rings. The van der Waals surface area contributed by atoms with Gasteiger partial charge in [0.15, 0.2) is 0 Å². The predicted molar refractivity (Wildman–Crippen MR) is 63.8 cm³/mol. The monoisotopic (exact) mass is 207 g/mol. The SMILES string of the molecule is CC(C)C(C)(CN)Cc1ccc(O)cc1. The van der Waals surface area contributed by atoms with Crippen molar-refractivity contribution in [3.8, 4) is 5.75 Å². The second kappa shape index (κ2) is 4.67. The first kappa shape index (κ1) is 12.1. The number of hydrogen-bond donors (Lipinski definition) is 2. The van der Waals surface area contributed by atoms with Crippen LogP contribution in [0.5, 0.6) is 5.75 Å². The maximum absolute atomic E-state index is 9.20. The highest BCUT2D eigenvalue weighted by Gasteiger charge is 2.26. The normalized spacial score (nSPS) is 15.3. The van der Waals surface area contributed by atoms with Crippen molar-refractivity contribution in [1.82, 2.24) is 0 Å². The van der Waals surface area contributed by atoms with Gasteiger partial charge in [0, 0.05) is 0 Å². The molecular weight excluding hydrogens is 186 g/mol. The lowest BCUT2D eigenvalue weighted by molar-refractivity contribution is 0.227. The molecule has 84 valence electrons. The molecule has 1 atom stereocenters. The zero-order chi connectivity index (χ0) is 11.5. The van der Waals surface area contributed by atoms with E-state index in [4.69, 9.17) is 5.73 Å². The molecule has 0 aliphatic carbocycles. The topological polar surface area (TPSA) is 46.2 Å². The van der Waals surface area contributed by atoms with Gasteiger partial charge in [0.1, 0.15) is 5.75 Å². The van der Waals surface area contributed by atoms with Gasteiger partial charge in [-0.05, 0) is 42.0 Å². The molecule has 1 aromatic rings. The van der Waals surface area contributed by atoms with E-state index in [1.54, 1.807) is 12.1 Å². The number of aromatic hydroxyl groups is 1. The van der Waals surface area contributed by atoms with Crippen molar-refractivity contribution in [2.45, 2.75) is 27.2 Å². The van der Waals surface area contributed by atoms with Crippen LogP contribution in [0, 0.1) is 11.3 Å². The zero-order valence-corrected chi connectivity index (χ0v) is 9.83. The summed E-state index contributed by atoms with van der Waals surface area (Å²) in [5, 5.41) is 9.20. The molecule has 15 heavy (non-hydrogen) atoms. The van der Waals surface area contributed by atoms with E-state index in [9.17, 15) is 5.11 Å². The van der Waals surface area contributed by atoms with Gasteiger partial charge in [-0.15, -0.1) is 0 Å². The molecule has 0 saturated carbocycles. The maximum atomic E-state index is 9.20. The third-order valence-electron chi connectivity index (χ3n) is 3.40. The first-order valence-electron chi connectivity index (χ1n) is 5.46. The largest absolute Gasteiger partial charge is 0.508 e. The summed E-state index contributed by atoms with van der Waals surface area (Å²) in [5.41, 5.74) is 7.20. The summed E-state index contributed by atoms with van der Waals surface area (Å²) in [6.07, 6.45) is 0.960. The summed E-state index contributed by atoms with van der Waals surface area (Å²) < 4.78 is 0. The molecule has 0 radical (unpaired) electrons. The third-order valence-corrected chi connectivity index (χ3v) is 3.40. The van der Waals surface area contributed by atoms with E-state index in [0.717, 1.165) is 6.42 Å². The van der Waals surface area contributed by atoms with Gasteiger partial charge in [-0.1, -0.05) is 32.9 Å². The fourth-order valence-corrected chi connectivity index (χ4v) is 1.59. The molecule has 0 fully saturated rings. The summed E-state index contributed by atoms with van der Waals surface area (Å²) in [6, 6.07) is 7.39. The van der Waals surface area contributed by atoms with Crippen LogP contribution in [0.4, 0.5) is 0 Å². The first-order chi connectivity index (χ1) is 6.98. The highest BCUT2D eigenvalue weighted by molar-refractivity contribution is 5.26. The van der Waals surface area contributed by atoms with Crippen molar-refractivity contribution >= 4 is 0 Å². The molecule has 1 aromatic carbocycles. The first-order valence-corrected chi connectivity index (χ1v) is 5.46. The van der Waals surface area contributed by atoms with Gasteiger partial charge < -0.3 is 10.8 Å². The fourth-order valence-electron chi connectivity index (χ4n) is 1.59. The lowest BCUT2D eigenvalue weighted by Gasteiger charge is -2.32. The number of rotatable bonds is 4. The Hall–Kier alpha value is -1.02. The van der Waals surface area contributed by atoms with E-state index in [1.807, 2.05) is 12.1 Å². The van der Waals surface area contributed by atoms with Crippen LogP contribution in [0.15, 0.2) is 24.3 Å². The lowest BCUT2D eigenvalue weighted by Crippen LogP contribution is -2.34. The molecular formula is C13H21NO. The second-order valence-electron chi connectivity index (χ2n) is 4.86. The van der Waals surface area contributed by atoms with Crippen molar-refractivity contribution in [3.63, 3.8) is 0 Å². The second-order valence-corrected chi connectivity index (χ2v) is 4.86. The van der Waals surface area contributed by atoms with Crippen LogP contribution in [0.3, 0.4) is 0 Å². The molecule has 2 nitrogen and oxygen atoms in total. The molecule has 2 heteroatoms. The molecule has 0 aromatic heterocycles. The van der Waals surface area contributed by atoms with E-state index >= 15 is 0 Å². The molecule has 1 rings (SSSR count). The van der Waals surface area contributed by atoms with Crippen molar-refractivity contribution in [2.75, 3.05) is 6.54 Å². The Morgan fingerprint density at radius 1 is 1.27 bits per heavy atom. The molecule has 0 spiro atoms. The highest BCUT2D eigenvalue weighted by atomic mass is 16.3. The standard InChI is InChI=1S/C13H21NO/c1-10(2)13(3,9-14)8-11-4-6-12(15)7-5-11/h4-7,10,15H,8-9,14H2,1-3H3. The summed E-state index contributed by atoms with van der Waals surface area (Å²) in [4.78, 5) is 0. The van der Waals surface area contributed by atoms with Gasteiger partial charge in [0.25, 0.3) is 0 Å². The Morgan fingerprint density at radius 2 is 1.80 bits per heavy atom. The van der Waals surface area contributed by atoms with Gasteiger partial charge >= 0.3 is 0 Å². The molecule has 0 amide bonds. The average Bonchev–Trinajstić information content (AvgIpc) is 2.21. The Labute approximate surface area is 92.1 Å². The summed E-state index contributed by atoms with van der Waals surface area (Å²) in [6.45, 7) is 7.30. The van der Waals surface area contributed by atoms with E-state index < -0.39 is 0 Å². The Morgan fingerprint density at radius 3 is 2.20 bits per heavy atom. The smallest absolute Gasteiger partial charge is 0.115 e. The minimum atomic E-state index is 0.136. The minimum Gasteiger partial charge on any atom is -0.508 e. The van der Waals surface area contributed by atoms with Crippen LogP contribution in [0.25, 0.3) is 0 Å². The zero-order valence-electron chi connectivity index (χ0n) is 9.83. The van der Waals surface area contributed by atoms with Crippen molar-refractivity contribution < 1.29 is 5.11 Å². The number of phenols is 1. The van der Waals surface area contributed by atoms with Gasteiger partial charge in [-0.3, -0.25) is 0 Å². The number of nitrogens with two attached hydrogens (primary N) is 1. The number of phenolic OH excluding ortho intramolecular Hbond substituents is 1. The molecule has 0 heterocycles. The minimum absolute atomic E-state index is 0.136. The van der Waals surface area contributed by atoms with Crippen molar-refractivity contribution in [3.05, 3.63) is 29.8 Å². The van der Waals surface area contributed by atoms with E-state index in [0.29, 0.717) is 18.2 Å². The molecule has 0 aliphatic heterocycles. The lowest BCUT2D eigenvalue weighted by atomic mass is 9.74. The third kappa shape index (κ3) is 2.96. The van der Waals surface area contributed by atoms with Crippen LogP contribution in [-0.2, 0) is 6.42 Å². The van der Waals surface area contributed by atoms with Crippen LogP contribution >= 0.6 is 0 Å². The Bertz CT molecular complexity index is 305. The van der Waals surface area contributed by atoms with E-state index in [1.165, 1.54) is 5.56 Å². The van der Waals surface area contributed by atoms with Gasteiger partial charge in [-0.2, -0.15) is 0 Å². The van der Waals surface area contributed by atoms with Gasteiger partial charge in [-0.25, -0.2) is 0 Å². The van der Waals surface area contributed by atoms with Crippen molar-refractivity contribution in [2.24, 2.45) is 17.1 Å². The Kier molecular flexibility index (Phi) is 3.75. The highest BCUT2D eigenvalue weighted by Crippen LogP contribution is 2.30. The van der Waals surface area contributed by atoms with E-state index in [2.05, 4.69) is 20.8 Å². The molecule has 0 bridgehead atoms. The van der Waals surface area contributed by atoms with Crippen LogP contribution in [0.1, 0.15) is 26.3 Å². The Balaban J connectivity index is 2.79. The number of hydrogen-bond acceptors (Lipinski definition) is 2. The number of benzene rings is 1. The molecule has 3 N–H and O–H groups in total. The summed E-state index contributed by atoms with van der Waals surface area (Å²) in [7, 11) is 0. The summed E-state index contributed by atoms with van der Waals surface area (Å²) >= 11 is 0. The summed E-state index contributed by atoms with van der Waals surface area (Å²) in [5.74, 6) is 0.869. The van der Waals surface area contributed by atoms with E-state index in [-0.39, 0.29) is 5.41 Å². The fraction of sp³-hybridized carbons (Fsp3) is 0.538. The quantitative estimate of drug-likeness (QED) is 0.797. The van der Waals surface area contributed by atoms with Crippen LogP contribution < -0.4 is 5.73 Å². The van der Waals surface area contributed by atoms with Crippen LogP contribution in [0.2, 0.25) is 0 Å².